The molecule has 2 aromatic rings. The van der Waals surface area contributed by atoms with Crippen LogP contribution in [0.3, 0.4) is 0 Å². The molecule has 0 aliphatic heterocycles. The zero-order valence-electron chi connectivity index (χ0n) is 9.66. The first-order chi connectivity index (χ1) is 8.74. The Hall–Kier alpha value is -1.24. The summed E-state index contributed by atoms with van der Waals surface area (Å²) in [5.41, 5.74) is 2.10. The molecule has 0 bridgehead atoms. The lowest BCUT2D eigenvalue weighted by Gasteiger charge is -2.13. The van der Waals surface area contributed by atoms with Crippen LogP contribution in [0.5, 0.6) is 0 Å². The summed E-state index contributed by atoms with van der Waals surface area (Å²) in [6, 6.07) is 14.6. The average molecular weight is 274 g/mol. The molecule has 0 heterocycles. The Bertz CT molecular complexity index is 666. The molecule has 2 heteroatoms. The van der Waals surface area contributed by atoms with Crippen LogP contribution in [0.4, 0.5) is 0 Å². The molecule has 0 fully saturated rings. The van der Waals surface area contributed by atoms with Gasteiger partial charge in [-0.1, -0.05) is 59.6 Å². The predicted octanol–water partition coefficient (Wildman–Crippen LogP) is 5.52. The summed E-state index contributed by atoms with van der Waals surface area (Å²) in [4.78, 5) is 0. The molecule has 1 aliphatic rings. The van der Waals surface area contributed by atoms with Gasteiger partial charge in [0.25, 0.3) is 0 Å². The van der Waals surface area contributed by atoms with Gasteiger partial charge in [-0.3, -0.25) is 0 Å². The summed E-state index contributed by atoms with van der Waals surface area (Å²) in [6.07, 6.45) is 4.62. The fraction of sp³-hybridized carbons (Fsp3) is 0.0625. The van der Waals surface area contributed by atoms with Crippen molar-refractivity contribution in [1.29, 1.82) is 0 Å². The molecule has 0 saturated heterocycles. The summed E-state index contributed by atoms with van der Waals surface area (Å²) in [5, 5.41) is 4.03. The minimum Gasteiger partial charge on any atom is -0.0891 e. The van der Waals surface area contributed by atoms with Crippen LogP contribution in [0.25, 0.3) is 16.3 Å². The van der Waals surface area contributed by atoms with E-state index in [1.165, 1.54) is 10.8 Å². The van der Waals surface area contributed by atoms with Crippen molar-refractivity contribution in [2.75, 3.05) is 0 Å². The number of fused-ring (bicyclic) bond motifs is 1. The van der Waals surface area contributed by atoms with Crippen molar-refractivity contribution >= 4 is 39.5 Å². The molecule has 0 amide bonds. The van der Waals surface area contributed by atoms with Crippen molar-refractivity contribution in [2.45, 2.75) is 6.42 Å². The molecule has 0 nitrogen and oxygen atoms in total. The third kappa shape index (κ3) is 2.19. The topological polar surface area (TPSA) is 0 Å². The first-order valence-electron chi connectivity index (χ1n) is 5.82. The summed E-state index contributed by atoms with van der Waals surface area (Å²) >= 11 is 12.3. The molecular weight excluding hydrogens is 263 g/mol. The van der Waals surface area contributed by atoms with Crippen molar-refractivity contribution in [3.63, 3.8) is 0 Å². The van der Waals surface area contributed by atoms with Crippen LogP contribution in [0.2, 0.25) is 0 Å². The highest BCUT2D eigenvalue weighted by molar-refractivity contribution is 6.37. The summed E-state index contributed by atoms with van der Waals surface area (Å²) in [7, 11) is 0. The number of halogens is 2. The van der Waals surface area contributed by atoms with E-state index < -0.39 is 0 Å². The first kappa shape index (κ1) is 11.8. The molecule has 3 rings (SSSR count). The first-order valence-corrected chi connectivity index (χ1v) is 6.58. The van der Waals surface area contributed by atoms with E-state index >= 15 is 0 Å². The Labute approximate surface area is 117 Å². The van der Waals surface area contributed by atoms with E-state index in [1.54, 1.807) is 0 Å². The molecule has 0 N–H and O–H groups in total. The monoisotopic (exact) mass is 273 g/mol. The van der Waals surface area contributed by atoms with E-state index in [-0.39, 0.29) is 0 Å². The summed E-state index contributed by atoms with van der Waals surface area (Å²) in [5.74, 6) is 0. The van der Waals surface area contributed by atoms with Crippen LogP contribution in [-0.2, 0) is 0 Å². The minimum atomic E-state index is 0.720. The van der Waals surface area contributed by atoms with Crippen molar-refractivity contribution in [3.8, 4) is 0 Å². The second-order valence-electron chi connectivity index (χ2n) is 4.32. The quantitative estimate of drug-likeness (QED) is 0.642. The predicted molar refractivity (Wildman–Crippen MR) is 79.6 cm³/mol. The average Bonchev–Trinajstić information content (AvgIpc) is 2.41. The zero-order chi connectivity index (χ0) is 12.5. The van der Waals surface area contributed by atoms with Gasteiger partial charge in [0.1, 0.15) is 0 Å². The lowest BCUT2D eigenvalue weighted by Crippen LogP contribution is -1.93. The molecule has 18 heavy (non-hydrogen) atoms. The van der Waals surface area contributed by atoms with Gasteiger partial charge in [-0.2, -0.15) is 0 Å². The van der Waals surface area contributed by atoms with Gasteiger partial charge in [-0.15, -0.1) is 0 Å². The molecular formula is C16H11Cl2. The molecule has 0 atom stereocenters. The SMILES string of the molecule is ClC1=CC(c2ccc3ccccc3c2)=C(Cl)[CH]C1. The number of hydrogen-bond donors (Lipinski definition) is 0. The Balaban J connectivity index is 2.15. The highest BCUT2D eigenvalue weighted by atomic mass is 35.5. The van der Waals surface area contributed by atoms with E-state index in [1.807, 2.05) is 24.6 Å². The van der Waals surface area contributed by atoms with E-state index in [0.29, 0.717) is 0 Å². The highest BCUT2D eigenvalue weighted by Gasteiger charge is 2.12. The lowest BCUT2D eigenvalue weighted by molar-refractivity contribution is 1.22. The highest BCUT2D eigenvalue weighted by Crippen LogP contribution is 2.34. The molecule has 89 valence electrons. The number of allylic oxidation sites excluding steroid dienone is 4. The molecule has 0 spiro atoms. The lowest BCUT2D eigenvalue weighted by atomic mass is 9.97. The minimum absolute atomic E-state index is 0.720. The van der Waals surface area contributed by atoms with E-state index in [2.05, 4.69) is 30.3 Å². The largest absolute Gasteiger partial charge is 0.0891 e. The van der Waals surface area contributed by atoms with Gasteiger partial charge >= 0.3 is 0 Å². The number of rotatable bonds is 1. The van der Waals surface area contributed by atoms with Crippen LogP contribution in [0, 0.1) is 6.42 Å². The number of benzene rings is 2. The standard InChI is InChI=1S/C16H11Cl2/c17-14-7-8-16(18)15(10-14)13-6-5-11-3-1-2-4-12(11)9-13/h1-6,8-10H,7H2. The van der Waals surface area contributed by atoms with Gasteiger partial charge in [0.2, 0.25) is 0 Å². The van der Waals surface area contributed by atoms with Crippen LogP contribution in [-0.4, -0.2) is 0 Å². The van der Waals surface area contributed by atoms with Crippen molar-refractivity contribution < 1.29 is 0 Å². The van der Waals surface area contributed by atoms with Gasteiger partial charge in [-0.25, -0.2) is 0 Å². The van der Waals surface area contributed by atoms with E-state index in [9.17, 15) is 0 Å². The van der Waals surface area contributed by atoms with E-state index in [0.717, 1.165) is 27.6 Å². The molecule has 0 unspecified atom stereocenters. The maximum Gasteiger partial charge on any atom is 0.0300 e. The fourth-order valence-corrected chi connectivity index (χ4v) is 2.59. The van der Waals surface area contributed by atoms with Crippen LogP contribution >= 0.6 is 23.2 Å². The molecule has 0 saturated carbocycles. The zero-order valence-corrected chi connectivity index (χ0v) is 11.2. The second-order valence-corrected chi connectivity index (χ2v) is 5.22. The van der Waals surface area contributed by atoms with E-state index in [4.69, 9.17) is 23.2 Å². The number of hydrogen-bond acceptors (Lipinski definition) is 0. The van der Waals surface area contributed by atoms with Crippen LogP contribution in [0.15, 0.2) is 58.6 Å². The second kappa shape index (κ2) is 4.79. The van der Waals surface area contributed by atoms with Gasteiger partial charge < -0.3 is 0 Å². The van der Waals surface area contributed by atoms with Gasteiger partial charge in [-0.05, 0) is 40.5 Å². The maximum atomic E-state index is 6.25. The third-order valence-corrected chi connectivity index (χ3v) is 3.72. The van der Waals surface area contributed by atoms with Gasteiger partial charge in [0.05, 0.1) is 0 Å². The summed E-state index contributed by atoms with van der Waals surface area (Å²) in [6.45, 7) is 0. The Morgan fingerprint density at radius 3 is 2.50 bits per heavy atom. The Kier molecular flexibility index (Phi) is 3.15. The molecule has 0 aromatic heterocycles. The van der Waals surface area contributed by atoms with Gasteiger partial charge in [0.15, 0.2) is 0 Å². The van der Waals surface area contributed by atoms with Gasteiger partial charge in [0, 0.05) is 16.5 Å². The Morgan fingerprint density at radius 1 is 0.889 bits per heavy atom. The van der Waals surface area contributed by atoms with Crippen LogP contribution < -0.4 is 0 Å². The fourth-order valence-electron chi connectivity index (χ4n) is 2.16. The molecule has 1 radical (unpaired) electrons. The van der Waals surface area contributed by atoms with Crippen molar-refractivity contribution in [2.24, 2.45) is 0 Å². The normalized spacial score (nSPS) is 16.0. The van der Waals surface area contributed by atoms with Crippen molar-refractivity contribution in [1.82, 2.24) is 0 Å². The smallest absolute Gasteiger partial charge is 0.0300 e. The summed E-state index contributed by atoms with van der Waals surface area (Å²) < 4.78 is 0. The maximum absolute atomic E-state index is 6.25. The Morgan fingerprint density at radius 2 is 1.67 bits per heavy atom. The molecule has 2 aromatic carbocycles. The molecule has 1 aliphatic carbocycles. The van der Waals surface area contributed by atoms with Crippen LogP contribution in [0.1, 0.15) is 12.0 Å². The third-order valence-electron chi connectivity index (χ3n) is 3.10. The van der Waals surface area contributed by atoms with Crippen molar-refractivity contribution in [3.05, 3.63) is 70.6 Å².